The molecule has 6 heteroatoms. The van der Waals surface area contributed by atoms with Gasteiger partial charge in [-0.3, -0.25) is 4.79 Å². The number of aliphatic hydroxyl groups excluding tert-OH is 1. The van der Waals surface area contributed by atoms with E-state index in [0.717, 1.165) is 11.3 Å². The summed E-state index contributed by atoms with van der Waals surface area (Å²) in [5, 5.41) is 12.1. The molecule has 0 aliphatic heterocycles. The van der Waals surface area contributed by atoms with Crippen LogP contribution in [0.1, 0.15) is 30.5 Å². The summed E-state index contributed by atoms with van der Waals surface area (Å²) in [6.45, 7) is -0.209. The van der Waals surface area contributed by atoms with Crippen LogP contribution in [0, 0.1) is 0 Å². The molecule has 2 N–H and O–H groups in total. The molecule has 0 saturated heterocycles. The first-order chi connectivity index (χ1) is 12.3. The minimum Gasteiger partial charge on any atom is -0.467 e. The first-order valence-electron chi connectivity index (χ1n) is 8.20. The summed E-state index contributed by atoms with van der Waals surface area (Å²) in [5.74, 6) is 1.72. The number of hydrogen-bond donors (Lipinski definition) is 2. The quantitative estimate of drug-likeness (QED) is 0.658. The minimum absolute atomic E-state index is 0.148. The summed E-state index contributed by atoms with van der Waals surface area (Å²) in [7, 11) is 0. The van der Waals surface area contributed by atoms with Crippen molar-refractivity contribution in [3.8, 4) is 11.3 Å². The third-order valence-electron chi connectivity index (χ3n) is 3.81. The Balaban J connectivity index is 1.46. The number of amides is 1. The molecule has 3 aromatic rings. The van der Waals surface area contributed by atoms with Gasteiger partial charge in [-0.2, -0.15) is 0 Å². The molecule has 1 atom stereocenters. The molecule has 0 spiro atoms. The number of aryl methyl sites for hydroxylation is 1. The molecular formula is C19H20N2O4. The monoisotopic (exact) mass is 340 g/mol. The smallest absolute Gasteiger partial charge is 0.220 e. The van der Waals surface area contributed by atoms with E-state index in [1.54, 1.807) is 18.3 Å². The molecule has 0 bridgehead atoms. The molecule has 1 unspecified atom stereocenters. The maximum atomic E-state index is 12.0. The van der Waals surface area contributed by atoms with Gasteiger partial charge >= 0.3 is 0 Å². The predicted molar refractivity (Wildman–Crippen MR) is 91.6 cm³/mol. The molecule has 6 nitrogen and oxygen atoms in total. The zero-order valence-corrected chi connectivity index (χ0v) is 13.7. The number of oxazole rings is 1. The van der Waals surface area contributed by atoms with Crippen molar-refractivity contribution in [1.82, 2.24) is 10.3 Å². The molecule has 130 valence electrons. The van der Waals surface area contributed by atoms with Gasteiger partial charge in [0.1, 0.15) is 11.8 Å². The summed E-state index contributed by atoms with van der Waals surface area (Å²) >= 11 is 0. The van der Waals surface area contributed by atoms with E-state index in [1.165, 1.54) is 6.26 Å². The van der Waals surface area contributed by atoms with Gasteiger partial charge in [0.25, 0.3) is 0 Å². The van der Waals surface area contributed by atoms with E-state index in [-0.39, 0.29) is 12.5 Å². The van der Waals surface area contributed by atoms with E-state index in [4.69, 9.17) is 8.83 Å². The zero-order chi connectivity index (χ0) is 17.5. The summed E-state index contributed by atoms with van der Waals surface area (Å²) < 4.78 is 10.9. The number of rotatable bonds is 8. The number of hydrogen-bond acceptors (Lipinski definition) is 5. The largest absolute Gasteiger partial charge is 0.467 e. The van der Waals surface area contributed by atoms with Gasteiger partial charge in [-0.15, -0.1) is 0 Å². The van der Waals surface area contributed by atoms with Gasteiger partial charge in [-0.1, -0.05) is 30.3 Å². The van der Waals surface area contributed by atoms with Crippen LogP contribution in [-0.4, -0.2) is 22.6 Å². The van der Waals surface area contributed by atoms with Crippen molar-refractivity contribution >= 4 is 5.91 Å². The van der Waals surface area contributed by atoms with Crippen LogP contribution in [0.15, 0.2) is 63.8 Å². The van der Waals surface area contributed by atoms with Crippen molar-refractivity contribution in [3.63, 3.8) is 0 Å². The number of nitrogens with one attached hydrogen (secondary N) is 1. The lowest BCUT2D eigenvalue weighted by Gasteiger charge is -2.13. The lowest BCUT2D eigenvalue weighted by molar-refractivity contribution is -0.122. The van der Waals surface area contributed by atoms with Crippen molar-refractivity contribution in [2.75, 3.05) is 6.61 Å². The Bertz CT molecular complexity index is 781. The lowest BCUT2D eigenvalue weighted by Crippen LogP contribution is -2.30. The molecular weight excluding hydrogens is 320 g/mol. The molecule has 0 aliphatic rings. The SMILES string of the molecule is O=C(CCCc1ncc(-c2ccccc2)o1)NC(CO)c1ccco1. The Hall–Kier alpha value is -2.86. The Morgan fingerprint density at radius 2 is 2.04 bits per heavy atom. The van der Waals surface area contributed by atoms with Crippen LogP contribution in [0.25, 0.3) is 11.3 Å². The van der Waals surface area contributed by atoms with Gasteiger partial charge in [-0.05, 0) is 18.6 Å². The average molecular weight is 340 g/mol. The van der Waals surface area contributed by atoms with Crippen molar-refractivity contribution in [2.24, 2.45) is 0 Å². The average Bonchev–Trinajstić information content (AvgIpc) is 3.32. The molecule has 2 heterocycles. The van der Waals surface area contributed by atoms with E-state index in [1.807, 2.05) is 30.3 Å². The van der Waals surface area contributed by atoms with Crippen molar-refractivity contribution in [2.45, 2.75) is 25.3 Å². The predicted octanol–water partition coefficient (Wildman–Crippen LogP) is 3.11. The fraction of sp³-hybridized carbons (Fsp3) is 0.263. The number of aromatic nitrogens is 1. The lowest BCUT2D eigenvalue weighted by atomic mass is 10.2. The van der Waals surface area contributed by atoms with Crippen molar-refractivity contribution in [3.05, 3.63) is 66.6 Å². The fourth-order valence-electron chi connectivity index (χ4n) is 2.52. The van der Waals surface area contributed by atoms with Crippen molar-refractivity contribution < 1.29 is 18.7 Å². The van der Waals surface area contributed by atoms with Gasteiger partial charge < -0.3 is 19.3 Å². The highest BCUT2D eigenvalue weighted by Crippen LogP contribution is 2.20. The standard InChI is InChI=1S/C19H20N2O4/c22-13-15(16-8-5-11-24-16)21-18(23)9-4-10-19-20-12-17(25-19)14-6-2-1-3-7-14/h1-3,5-8,11-12,15,22H,4,9-10,13H2,(H,21,23). The molecule has 0 aliphatic carbocycles. The molecule has 0 radical (unpaired) electrons. The highest BCUT2D eigenvalue weighted by atomic mass is 16.4. The minimum atomic E-state index is -0.520. The molecule has 1 aromatic carbocycles. The Labute approximate surface area is 145 Å². The Morgan fingerprint density at radius 3 is 2.76 bits per heavy atom. The van der Waals surface area contributed by atoms with E-state index in [0.29, 0.717) is 30.9 Å². The molecule has 25 heavy (non-hydrogen) atoms. The topological polar surface area (TPSA) is 88.5 Å². The highest BCUT2D eigenvalue weighted by Gasteiger charge is 2.16. The van der Waals surface area contributed by atoms with Crippen LogP contribution in [0.5, 0.6) is 0 Å². The number of furan rings is 1. The Morgan fingerprint density at radius 1 is 1.20 bits per heavy atom. The number of aliphatic hydroxyl groups is 1. The van der Waals surface area contributed by atoms with Gasteiger partial charge in [-0.25, -0.2) is 4.98 Å². The second-order valence-electron chi connectivity index (χ2n) is 5.66. The molecule has 1 amide bonds. The van der Waals surface area contributed by atoms with Crippen LogP contribution >= 0.6 is 0 Å². The summed E-state index contributed by atoms with van der Waals surface area (Å²) in [6.07, 6.45) is 4.71. The number of nitrogens with zero attached hydrogens (tertiary/aromatic N) is 1. The first kappa shape index (κ1) is 17.0. The third-order valence-corrected chi connectivity index (χ3v) is 3.81. The molecule has 3 rings (SSSR count). The maximum absolute atomic E-state index is 12.0. The summed E-state index contributed by atoms with van der Waals surface area (Å²) in [6, 6.07) is 12.7. The normalized spacial score (nSPS) is 12.0. The van der Waals surface area contributed by atoms with E-state index >= 15 is 0 Å². The van der Waals surface area contributed by atoms with Crippen LogP contribution in [0.4, 0.5) is 0 Å². The van der Waals surface area contributed by atoms with Crippen LogP contribution in [0.2, 0.25) is 0 Å². The molecule has 0 saturated carbocycles. The Kier molecular flexibility index (Phi) is 5.64. The number of benzene rings is 1. The molecule has 0 fully saturated rings. The van der Waals surface area contributed by atoms with Gasteiger partial charge in [0.05, 0.1) is 19.1 Å². The van der Waals surface area contributed by atoms with Crippen LogP contribution in [0.3, 0.4) is 0 Å². The number of carbonyl (C=O) groups is 1. The summed E-state index contributed by atoms with van der Waals surface area (Å²) in [5.41, 5.74) is 0.975. The van der Waals surface area contributed by atoms with E-state index < -0.39 is 6.04 Å². The second-order valence-corrected chi connectivity index (χ2v) is 5.66. The third kappa shape index (κ3) is 4.58. The highest BCUT2D eigenvalue weighted by molar-refractivity contribution is 5.76. The van der Waals surface area contributed by atoms with Crippen LogP contribution < -0.4 is 5.32 Å². The number of carbonyl (C=O) groups excluding carboxylic acids is 1. The second kappa shape index (κ2) is 8.30. The van der Waals surface area contributed by atoms with Gasteiger partial charge in [0.2, 0.25) is 5.91 Å². The summed E-state index contributed by atoms with van der Waals surface area (Å²) in [4.78, 5) is 16.3. The van der Waals surface area contributed by atoms with E-state index in [9.17, 15) is 9.90 Å². The maximum Gasteiger partial charge on any atom is 0.220 e. The zero-order valence-electron chi connectivity index (χ0n) is 13.7. The first-order valence-corrected chi connectivity index (χ1v) is 8.20. The van der Waals surface area contributed by atoms with Gasteiger partial charge in [0, 0.05) is 18.4 Å². The van der Waals surface area contributed by atoms with Gasteiger partial charge in [0.15, 0.2) is 11.7 Å². The van der Waals surface area contributed by atoms with E-state index in [2.05, 4.69) is 10.3 Å². The molecule has 2 aromatic heterocycles. The van der Waals surface area contributed by atoms with Crippen molar-refractivity contribution in [1.29, 1.82) is 0 Å². The van der Waals surface area contributed by atoms with Crippen LogP contribution in [-0.2, 0) is 11.2 Å². The fourth-order valence-corrected chi connectivity index (χ4v) is 2.52.